The van der Waals surface area contributed by atoms with Crippen molar-refractivity contribution in [1.29, 1.82) is 0 Å². The first kappa shape index (κ1) is 20.4. The molecule has 1 saturated heterocycles. The Morgan fingerprint density at radius 1 is 1.26 bits per heavy atom. The second-order valence-electron chi connectivity index (χ2n) is 6.91. The summed E-state index contributed by atoms with van der Waals surface area (Å²) in [4.78, 5) is 30.0. The van der Waals surface area contributed by atoms with Gasteiger partial charge in [-0.15, -0.1) is 0 Å². The SMILES string of the molecule is Cc1ncnc(-c2ccc(C(=O)N3CC(O)CO3)c(F)c2)c1C#Cc1ccc(N)nc1. The third-order valence-corrected chi connectivity index (χ3v) is 4.65. The van der Waals surface area contributed by atoms with E-state index in [-0.39, 0.29) is 18.7 Å². The lowest BCUT2D eigenvalue weighted by atomic mass is 10.0. The van der Waals surface area contributed by atoms with Crippen LogP contribution in [0.25, 0.3) is 11.3 Å². The molecule has 1 aliphatic heterocycles. The van der Waals surface area contributed by atoms with Gasteiger partial charge in [0.15, 0.2) is 0 Å². The van der Waals surface area contributed by atoms with Gasteiger partial charge in [0.05, 0.1) is 29.1 Å². The topological polar surface area (TPSA) is 114 Å². The molecule has 0 aliphatic carbocycles. The van der Waals surface area contributed by atoms with E-state index in [9.17, 15) is 14.3 Å². The van der Waals surface area contributed by atoms with Crippen molar-refractivity contribution in [2.45, 2.75) is 13.0 Å². The molecule has 9 heteroatoms. The highest BCUT2D eigenvalue weighted by Crippen LogP contribution is 2.25. The Morgan fingerprint density at radius 3 is 2.77 bits per heavy atom. The van der Waals surface area contributed by atoms with Crippen molar-refractivity contribution in [3.8, 4) is 23.1 Å². The smallest absolute Gasteiger partial charge is 0.280 e. The van der Waals surface area contributed by atoms with E-state index >= 15 is 0 Å². The van der Waals surface area contributed by atoms with E-state index in [2.05, 4.69) is 26.8 Å². The monoisotopic (exact) mass is 419 g/mol. The number of aryl methyl sites for hydroxylation is 1. The van der Waals surface area contributed by atoms with Gasteiger partial charge in [0.2, 0.25) is 0 Å². The second kappa shape index (κ2) is 8.47. The Labute approximate surface area is 177 Å². The number of aliphatic hydroxyl groups is 1. The maximum Gasteiger partial charge on any atom is 0.280 e. The molecule has 4 rings (SSSR count). The van der Waals surface area contributed by atoms with Crippen LogP contribution in [0.5, 0.6) is 0 Å². The van der Waals surface area contributed by atoms with E-state index in [1.54, 1.807) is 31.3 Å². The van der Waals surface area contributed by atoms with Crippen LogP contribution in [-0.4, -0.2) is 50.3 Å². The molecular formula is C22H18FN5O3. The van der Waals surface area contributed by atoms with Crippen LogP contribution in [0.2, 0.25) is 0 Å². The molecule has 0 bridgehead atoms. The number of amides is 1. The van der Waals surface area contributed by atoms with E-state index in [0.29, 0.717) is 33.9 Å². The van der Waals surface area contributed by atoms with Gasteiger partial charge >= 0.3 is 0 Å². The zero-order valence-corrected chi connectivity index (χ0v) is 16.5. The predicted octanol–water partition coefficient (Wildman–Crippen LogP) is 1.72. The van der Waals surface area contributed by atoms with Gasteiger partial charge in [0, 0.05) is 17.3 Å². The highest BCUT2D eigenvalue weighted by atomic mass is 19.1. The molecule has 1 amide bonds. The normalized spacial score (nSPS) is 15.5. The molecule has 2 aromatic heterocycles. The van der Waals surface area contributed by atoms with Crippen LogP contribution in [0.4, 0.5) is 10.2 Å². The number of hydroxylamine groups is 2. The first-order valence-electron chi connectivity index (χ1n) is 9.40. The van der Waals surface area contributed by atoms with Crippen LogP contribution >= 0.6 is 0 Å². The fraction of sp³-hybridized carbons (Fsp3) is 0.182. The van der Waals surface area contributed by atoms with E-state index in [4.69, 9.17) is 10.6 Å². The van der Waals surface area contributed by atoms with E-state index in [1.807, 2.05) is 0 Å². The van der Waals surface area contributed by atoms with Crippen molar-refractivity contribution in [2.75, 3.05) is 18.9 Å². The molecule has 1 fully saturated rings. The number of pyridine rings is 1. The van der Waals surface area contributed by atoms with Gasteiger partial charge in [-0.1, -0.05) is 17.9 Å². The molecule has 1 aliphatic rings. The number of benzene rings is 1. The molecule has 0 saturated carbocycles. The Morgan fingerprint density at radius 2 is 2.10 bits per heavy atom. The van der Waals surface area contributed by atoms with Crippen molar-refractivity contribution in [3.63, 3.8) is 0 Å². The van der Waals surface area contributed by atoms with Gasteiger partial charge in [0.25, 0.3) is 5.91 Å². The minimum absolute atomic E-state index is 0.00277. The maximum absolute atomic E-state index is 14.8. The number of nitrogen functional groups attached to an aromatic ring is 1. The second-order valence-corrected chi connectivity index (χ2v) is 6.91. The number of anilines is 1. The summed E-state index contributed by atoms with van der Waals surface area (Å²) < 4.78 is 14.8. The fourth-order valence-corrected chi connectivity index (χ4v) is 3.04. The summed E-state index contributed by atoms with van der Waals surface area (Å²) in [7, 11) is 0. The van der Waals surface area contributed by atoms with Crippen molar-refractivity contribution in [1.82, 2.24) is 20.0 Å². The van der Waals surface area contributed by atoms with Crippen molar-refractivity contribution < 1.29 is 19.1 Å². The average Bonchev–Trinajstić information content (AvgIpc) is 3.20. The van der Waals surface area contributed by atoms with Gasteiger partial charge in [-0.2, -0.15) is 0 Å². The Kier molecular flexibility index (Phi) is 5.58. The molecule has 3 heterocycles. The van der Waals surface area contributed by atoms with Crippen LogP contribution in [0.15, 0.2) is 42.9 Å². The molecule has 31 heavy (non-hydrogen) atoms. The quantitative estimate of drug-likeness (QED) is 0.608. The lowest BCUT2D eigenvalue weighted by Gasteiger charge is -2.15. The molecule has 8 nitrogen and oxygen atoms in total. The van der Waals surface area contributed by atoms with E-state index in [1.165, 1.54) is 18.5 Å². The third-order valence-electron chi connectivity index (χ3n) is 4.65. The number of halogens is 1. The van der Waals surface area contributed by atoms with Gasteiger partial charge in [0.1, 0.15) is 30.7 Å². The number of rotatable bonds is 2. The van der Waals surface area contributed by atoms with Gasteiger partial charge in [-0.05, 0) is 31.2 Å². The highest BCUT2D eigenvalue weighted by Gasteiger charge is 2.28. The zero-order valence-electron chi connectivity index (χ0n) is 16.5. The number of β-amino-alcohol motifs (C(OH)–C–C–N with tert-alkyl or cyclic N) is 1. The summed E-state index contributed by atoms with van der Waals surface area (Å²) in [6.07, 6.45) is 2.14. The molecular weight excluding hydrogens is 401 g/mol. The zero-order chi connectivity index (χ0) is 22.0. The number of carbonyl (C=O) groups is 1. The van der Waals surface area contributed by atoms with Crippen LogP contribution in [0, 0.1) is 24.6 Å². The number of hydrogen-bond acceptors (Lipinski definition) is 7. The van der Waals surface area contributed by atoms with Crippen LogP contribution in [0.1, 0.15) is 27.2 Å². The number of aliphatic hydroxyl groups excluding tert-OH is 1. The number of hydrogen-bond donors (Lipinski definition) is 2. The molecule has 3 N–H and O–H groups in total. The van der Waals surface area contributed by atoms with E-state index < -0.39 is 17.8 Å². The Hall–Kier alpha value is -3.87. The first-order valence-corrected chi connectivity index (χ1v) is 9.40. The standard InChI is InChI=1S/C22H18FN5O3/c1-13-17(5-2-14-3-7-20(24)25-9-14)21(27-12-26-13)15-4-6-18(19(23)8-15)22(30)28-10-16(29)11-31-28/h3-4,6-9,12,16,29H,10-11H2,1H3,(H2,24,25). The van der Waals surface area contributed by atoms with Gasteiger partial charge in [-0.3, -0.25) is 9.63 Å². The Balaban J connectivity index is 1.67. The van der Waals surface area contributed by atoms with Crippen molar-refractivity contribution in [3.05, 3.63) is 71.1 Å². The maximum atomic E-state index is 14.8. The number of aromatic nitrogens is 3. The molecule has 0 radical (unpaired) electrons. The summed E-state index contributed by atoms with van der Waals surface area (Å²) in [5.41, 5.74) is 8.13. The lowest BCUT2D eigenvalue weighted by Crippen LogP contribution is -2.29. The van der Waals surface area contributed by atoms with E-state index in [0.717, 1.165) is 5.06 Å². The Bertz CT molecular complexity index is 1200. The molecule has 1 unspecified atom stereocenters. The third kappa shape index (κ3) is 4.35. The molecule has 0 spiro atoms. The summed E-state index contributed by atoms with van der Waals surface area (Å²) >= 11 is 0. The van der Waals surface area contributed by atoms with Crippen LogP contribution in [0.3, 0.4) is 0 Å². The summed E-state index contributed by atoms with van der Waals surface area (Å²) in [5.74, 6) is 5.01. The number of nitrogens with two attached hydrogens (primary N) is 1. The average molecular weight is 419 g/mol. The lowest BCUT2D eigenvalue weighted by molar-refractivity contribution is -0.0782. The van der Waals surface area contributed by atoms with Crippen LogP contribution in [-0.2, 0) is 4.84 Å². The highest BCUT2D eigenvalue weighted by molar-refractivity contribution is 5.94. The molecule has 1 atom stereocenters. The van der Waals surface area contributed by atoms with Crippen LogP contribution < -0.4 is 5.73 Å². The number of carbonyl (C=O) groups excluding carboxylic acids is 1. The molecule has 1 aromatic carbocycles. The van der Waals surface area contributed by atoms with Crippen molar-refractivity contribution >= 4 is 11.7 Å². The predicted molar refractivity (Wildman–Crippen MR) is 110 cm³/mol. The largest absolute Gasteiger partial charge is 0.389 e. The van der Waals surface area contributed by atoms with Crippen molar-refractivity contribution in [2.24, 2.45) is 0 Å². The molecule has 156 valence electrons. The minimum atomic E-state index is -0.785. The first-order chi connectivity index (χ1) is 14.9. The van der Waals surface area contributed by atoms with Gasteiger partial charge in [-0.25, -0.2) is 24.4 Å². The van der Waals surface area contributed by atoms with Gasteiger partial charge < -0.3 is 10.8 Å². The summed E-state index contributed by atoms with van der Waals surface area (Å²) in [6.45, 7) is 1.77. The minimum Gasteiger partial charge on any atom is -0.389 e. The number of nitrogens with zero attached hydrogens (tertiary/aromatic N) is 4. The summed E-state index contributed by atoms with van der Waals surface area (Å²) in [6, 6.07) is 7.55. The fourth-order valence-electron chi connectivity index (χ4n) is 3.04. The molecule has 3 aromatic rings. The summed E-state index contributed by atoms with van der Waals surface area (Å²) in [5, 5.41) is 10.5.